The monoisotopic (exact) mass is 273 g/mol. The van der Waals surface area contributed by atoms with Crippen LogP contribution in [0.3, 0.4) is 0 Å². The van der Waals surface area contributed by atoms with E-state index in [-0.39, 0.29) is 6.10 Å². The largest absolute Gasteiger partial charge is 0.493 e. The number of aliphatic hydroxyl groups excluding tert-OH is 1. The highest BCUT2D eigenvalue weighted by atomic mass is 16.5. The van der Waals surface area contributed by atoms with Crippen molar-refractivity contribution in [3.63, 3.8) is 0 Å². The van der Waals surface area contributed by atoms with E-state index in [2.05, 4.69) is 36.5 Å². The summed E-state index contributed by atoms with van der Waals surface area (Å²) >= 11 is 0. The third kappa shape index (κ3) is 3.71. The Kier molecular flexibility index (Phi) is 5.39. The summed E-state index contributed by atoms with van der Waals surface area (Å²) in [5.74, 6) is 0.908. The van der Waals surface area contributed by atoms with Crippen molar-refractivity contribution >= 4 is 10.8 Å². The molecule has 1 atom stereocenters. The summed E-state index contributed by atoms with van der Waals surface area (Å²) in [6.45, 7) is 6.13. The summed E-state index contributed by atoms with van der Waals surface area (Å²) in [5.41, 5.74) is 1.19. The van der Waals surface area contributed by atoms with E-state index in [9.17, 15) is 5.11 Å². The first-order valence-corrected chi connectivity index (χ1v) is 7.24. The van der Waals surface area contributed by atoms with Gasteiger partial charge in [-0.05, 0) is 30.3 Å². The van der Waals surface area contributed by atoms with E-state index in [0.29, 0.717) is 13.0 Å². The molecule has 0 aliphatic carbocycles. The van der Waals surface area contributed by atoms with Crippen molar-refractivity contribution < 1.29 is 9.84 Å². The molecule has 2 rings (SSSR count). The van der Waals surface area contributed by atoms with Crippen LogP contribution >= 0.6 is 0 Å². The molecule has 0 amide bonds. The predicted molar refractivity (Wildman–Crippen MR) is 83.1 cm³/mol. The summed E-state index contributed by atoms with van der Waals surface area (Å²) in [7, 11) is 0. The average Bonchev–Trinajstić information content (AvgIpc) is 2.45. The second-order valence-corrected chi connectivity index (χ2v) is 5.03. The van der Waals surface area contributed by atoms with E-state index in [4.69, 9.17) is 4.74 Å². The molecule has 1 unspecified atom stereocenters. The molecule has 2 aromatic carbocycles. The van der Waals surface area contributed by atoms with Crippen molar-refractivity contribution in [3.8, 4) is 5.75 Å². The van der Waals surface area contributed by atoms with Gasteiger partial charge < -0.3 is 15.2 Å². The molecule has 0 saturated carbocycles. The van der Waals surface area contributed by atoms with Crippen molar-refractivity contribution in [2.75, 3.05) is 13.2 Å². The van der Waals surface area contributed by atoms with Crippen molar-refractivity contribution in [1.82, 2.24) is 5.32 Å². The molecular weight excluding hydrogens is 250 g/mol. The maximum absolute atomic E-state index is 9.32. The second-order valence-electron chi connectivity index (χ2n) is 5.03. The lowest BCUT2D eigenvalue weighted by atomic mass is 10.0. The van der Waals surface area contributed by atoms with E-state index >= 15 is 0 Å². The first-order chi connectivity index (χ1) is 9.72. The standard InChI is InChI=1S/C17H23NO2/c1-3-18-12-16-15-7-5-4-6-14(15)8-9-17(16)20-11-10-13(2)19/h4-9,13,18-19H,3,10-12H2,1-2H3. The van der Waals surface area contributed by atoms with Crippen molar-refractivity contribution in [2.24, 2.45) is 0 Å². The number of hydrogen-bond acceptors (Lipinski definition) is 3. The minimum Gasteiger partial charge on any atom is -0.493 e. The van der Waals surface area contributed by atoms with Gasteiger partial charge in [-0.15, -0.1) is 0 Å². The molecule has 20 heavy (non-hydrogen) atoms. The molecule has 3 nitrogen and oxygen atoms in total. The van der Waals surface area contributed by atoms with E-state index in [0.717, 1.165) is 18.8 Å². The molecular formula is C17H23NO2. The van der Waals surface area contributed by atoms with Gasteiger partial charge in [-0.2, -0.15) is 0 Å². The molecule has 0 fully saturated rings. The van der Waals surface area contributed by atoms with Crippen LogP contribution in [0.5, 0.6) is 5.75 Å². The smallest absolute Gasteiger partial charge is 0.124 e. The summed E-state index contributed by atoms with van der Waals surface area (Å²) in [6, 6.07) is 12.5. The molecule has 0 aromatic heterocycles. The van der Waals surface area contributed by atoms with Crippen molar-refractivity contribution in [2.45, 2.75) is 32.9 Å². The van der Waals surface area contributed by atoms with Gasteiger partial charge in [0, 0.05) is 18.5 Å². The van der Waals surface area contributed by atoms with Crippen LogP contribution in [0.2, 0.25) is 0 Å². The van der Waals surface area contributed by atoms with Gasteiger partial charge in [-0.25, -0.2) is 0 Å². The maximum Gasteiger partial charge on any atom is 0.124 e. The Morgan fingerprint density at radius 1 is 1.20 bits per heavy atom. The molecule has 2 N–H and O–H groups in total. The normalized spacial score (nSPS) is 12.6. The van der Waals surface area contributed by atoms with E-state index in [1.165, 1.54) is 16.3 Å². The fraction of sp³-hybridized carbons (Fsp3) is 0.412. The molecule has 0 spiro atoms. The molecule has 0 heterocycles. The number of rotatable bonds is 7. The molecule has 0 aliphatic rings. The topological polar surface area (TPSA) is 41.5 Å². The molecule has 0 saturated heterocycles. The Bertz CT molecular complexity index is 552. The molecule has 0 aliphatic heterocycles. The number of nitrogens with one attached hydrogen (secondary N) is 1. The Morgan fingerprint density at radius 2 is 2.00 bits per heavy atom. The zero-order valence-electron chi connectivity index (χ0n) is 12.2. The van der Waals surface area contributed by atoms with Gasteiger partial charge >= 0.3 is 0 Å². The van der Waals surface area contributed by atoms with Gasteiger partial charge in [0.2, 0.25) is 0 Å². The predicted octanol–water partition coefficient (Wildman–Crippen LogP) is 3.10. The van der Waals surface area contributed by atoms with Crippen LogP contribution in [0.1, 0.15) is 25.8 Å². The molecule has 2 aromatic rings. The van der Waals surface area contributed by atoms with E-state index in [1.54, 1.807) is 6.92 Å². The van der Waals surface area contributed by atoms with Crippen LogP contribution in [0.4, 0.5) is 0 Å². The summed E-state index contributed by atoms with van der Waals surface area (Å²) < 4.78 is 5.85. The highest BCUT2D eigenvalue weighted by Crippen LogP contribution is 2.28. The number of fused-ring (bicyclic) bond motifs is 1. The average molecular weight is 273 g/mol. The van der Waals surface area contributed by atoms with Crippen LogP contribution in [-0.2, 0) is 6.54 Å². The third-order valence-electron chi connectivity index (χ3n) is 3.34. The van der Waals surface area contributed by atoms with Gasteiger partial charge in [0.1, 0.15) is 5.75 Å². The Morgan fingerprint density at radius 3 is 2.75 bits per heavy atom. The van der Waals surface area contributed by atoms with E-state index < -0.39 is 0 Å². The molecule has 3 heteroatoms. The van der Waals surface area contributed by atoms with Gasteiger partial charge in [0.15, 0.2) is 0 Å². The summed E-state index contributed by atoms with van der Waals surface area (Å²) in [4.78, 5) is 0. The number of hydrogen-bond donors (Lipinski definition) is 2. The third-order valence-corrected chi connectivity index (χ3v) is 3.34. The van der Waals surface area contributed by atoms with Crippen LogP contribution in [0, 0.1) is 0 Å². The lowest BCUT2D eigenvalue weighted by molar-refractivity contribution is 0.155. The van der Waals surface area contributed by atoms with Crippen LogP contribution in [0.25, 0.3) is 10.8 Å². The Balaban J connectivity index is 2.27. The maximum atomic E-state index is 9.32. The SMILES string of the molecule is CCNCc1c(OCCC(C)O)ccc2ccccc12. The van der Waals surface area contributed by atoms with E-state index in [1.807, 2.05) is 12.1 Å². The van der Waals surface area contributed by atoms with Gasteiger partial charge in [-0.3, -0.25) is 0 Å². The summed E-state index contributed by atoms with van der Waals surface area (Å²) in [6.07, 6.45) is 0.320. The highest BCUT2D eigenvalue weighted by molar-refractivity contribution is 5.87. The zero-order valence-corrected chi connectivity index (χ0v) is 12.2. The zero-order chi connectivity index (χ0) is 14.4. The quantitative estimate of drug-likeness (QED) is 0.814. The molecule has 0 radical (unpaired) electrons. The fourth-order valence-corrected chi connectivity index (χ4v) is 2.22. The van der Waals surface area contributed by atoms with Crippen molar-refractivity contribution in [1.29, 1.82) is 0 Å². The summed E-state index contributed by atoms with van der Waals surface area (Å²) in [5, 5.41) is 15.1. The Hall–Kier alpha value is -1.58. The minimum absolute atomic E-state index is 0.326. The molecule has 0 bridgehead atoms. The van der Waals surface area contributed by atoms with Gasteiger partial charge in [0.05, 0.1) is 12.7 Å². The number of benzene rings is 2. The first-order valence-electron chi connectivity index (χ1n) is 7.24. The highest BCUT2D eigenvalue weighted by Gasteiger charge is 2.08. The number of ether oxygens (including phenoxy) is 1. The van der Waals surface area contributed by atoms with Gasteiger partial charge in [-0.1, -0.05) is 37.3 Å². The van der Waals surface area contributed by atoms with Crippen LogP contribution < -0.4 is 10.1 Å². The number of aliphatic hydroxyl groups is 1. The fourth-order valence-electron chi connectivity index (χ4n) is 2.22. The lowest BCUT2D eigenvalue weighted by Gasteiger charge is -2.15. The van der Waals surface area contributed by atoms with Gasteiger partial charge in [0.25, 0.3) is 0 Å². The minimum atomic E-state index is -0.326. The Labute approximate surface area is 120 Å². The van der Waals surface area contributed by atoms with Crippen LogP contribution in [0.15, 0.2) is 36.4 Å². The lowest BCUT2D eigenvalue weighted by Crippen LogP contribution is -2.14. The second kappa shape index (κ2) is 7.27. The first kappa shape index (κ1) is 14.8. The van der Waals surface area contributed by atoms with Crippen LogP contribution in [-0.4, -0.2) is 24.4 Å². The van der Waals surface area contributed by atoms with Crippen molar-refractivity contribution in [3.05, 3.63) is 42.0 Å². The molecule has 108 valence electrons.